The standard InChI is InChI=1S/C20H27N3O2S/c1-14-11-22(12-15(2)25-14)13-19(24)23-9-7-16(8-10-23)20-21-17-5-3-4-6-18(17)26-20/h3-6,14-16H,7-13H2,1-2H3/p+1/t14-,15-/m0/s1. The van der Waals surface area contributed by atoms with Crippen LogP contribution in [-0.4, -0.2) is 60.7 Å². The number of piperidine rings is 1. The van der Waals surface area contributed by atoms with Crippen molar-refractivity contribution >= 4 is 27.5 Å². The molecule has 1 amide bonds. The Hall–Kier alpha value is -1.50. The number of ether oxygens (including phenoxy) is 1. The molecule has 0 radical (unpaired) electrons. The maximum Gasteiger partial charge on any atom is 0.277 e. The molecule has 0 saturated carbocycles. The van der Waals surface area contributed by atoms with Crippen LogP contribution in [0.15, 0.2) is 24.3 Å². The number of rotatable bonds is 3. The molecular weight excluding hydrogens is 346 g/mol. The van der Waals surface area contributed by atoms with Crippen LogP contribution in [0, 0.1) is 0 Å². The normalized spacial score (nSPS) is 27.8. The Kier molecular flexibility index (Phi) is 5.25. The van der Waals surface area contributed by atoms with E-state index in [9.17, 15) is 4.79 Å². The van der Waals surface area contributed by atoms with Gasteiger partial charge in [0.1, 0.15) is 25.3 Å². The summed E-state index contributed by atoms with van der Waals surface area (Å²) in [6, 6.07) is 8.34. The first-order chi connectivity index (χ1) is 12.6. The fourth-order valence-corrected chi connectivity index (χ4v) is 5.44. The largest absolute Gasteiger partial charge is 0.364 e. The van der Waals surface area contributed by atoms with Crippen LogP contribution in [0.3, 0.4) is 0 Å². The molecule has 5 nitrogen and oxygen atoms in total. The molecule has 2 aromatic rings. The lowest BCUT2D eigenvalue weighted by atomic mass is 9.97. The van der Waals surface area contributed by atoms with Crippen LogP contribution in [0.2, 0.25) is 0 Å². The number of nitrogens with one attached hydrogen (secondary N) is 1. The van der Waals surface area contributed by atoms with Crippen LogP contribution in [-0.2, 0) is 9.53 Å². The summed E-state index contributed by atoms with van der Waals surface area (Å²) in [5, 5.41) is 1.24. The second kappa shape index (κ2) is 7.62. The fourth-order valence-electron chi connectivity index (χ4n) is 4.30. The van der Waals surface area contributed by atoms with Crippen molar-refractivity contribution < 1.29 is 14.4 Å². The Morgan fingerprint density at radius 3 is 2.62 bits per heavy atom. The molecule has 140 valence electrons. The van der Waals surface area contributed by atoms with Gasteiger partial charge >= 0.3 is 0 Å². The van der Waals surface area contributed by atoms with Gasteiger partial charge in [0.2, 0.25) is 0 Å². The second-order valence-corrected chi connectivity index (χ2v) is 8.83. The van der Waals surface area contributed by atoms with Gasteiger partial charge < -0.3 is 14.5 Å². The lowest BCUT2D eigenvalue weighted by Gasteiger charge is -2.35. The van der Waals surface area contributed by atoms with Crippen molar-refractivity contribution in [2.24, 2.45) is 0 Å². The van der Waals surface area contributed by atoms with E-state index in [0.717, 1.165) is 44.5 Å². The second-order valence-electron chi connectivity index (χ2n) is 7.77. The lowest BCUT2D eigenvalue weighted by Crippen LogP contribution is -3.16. The maximum atomic E-state index is 12.7. The van der Waals surface area contributed by atoms with Gasteiger partial charge in [-0.15, -0.1) is 11.3 Å². The molecule has 6 heteroatoms. The highest BCUT2D eigenvalue weighted by molar-refractivity contribution is 7.18. The van der Waals surface area contributed by atoms with Crippen LogP contribution in [0.1, 0.15) is 37.6 Å². The highest BCUT2D eigenvalue weighted by atomic mass is 32.1. The predicted molar refractivity (Wildman–Crippen MR) is 104 cm³/mol. The maximum absolute atomic E-state index is 12.7. The number of amides is 1. The number of aromatic nitrogens is 1. The Bertz CT molecular complexity index is 726. The minimum absolute atomic E-state index is 0.242. The molecule has 1 N–H and O–H groups in total. The minimum Gasteiger partial charge on any atom is -0.364 e. The van der Waals surface area contributed by atoms with E-state index in [4.69, 9.17) is 9.72 Å². The Balaban J connectivity index is 1.32. The van der Waals surface area contributed by atoms with Crippen LogP contribution < -0.4 is 4.90 Å². The first-order valence-electron chi connectivity index (χ1n) is 9.70. The van der Waals surface area contributed by atoms with Gasteiger partial charge in [0, 0.05) is 19.0 Å². The van der Waals surface area contributed by atoms with Crippen LogP contribution in [0.4, 0.5) is 0 Å². The molecule has 0 unspecified atom stereocenters. The van der Waals surface area contributed by atoms with Crippen molar-refractivity contribution in [2.45, 2.75) is 44.8 Å². The van der Waals surface area contributed by atoms with E-state index in [1.165, 1.54) is 14.6 Å². The average Bonchev–Trinajstić information content (AvgIpc) is 3.05. The summed E-state index contributed by atoms with van der Waals surface area (Å²) < 4.78 is 7.04. The van der Waals surface area contributed by atoms with Gasteiger partial charge in [-0.3, -0.25) is 4.79 Å². The van der Waals surface area contributed by atoms with Crippen LogP contribution >= 0.6 is 11.3 Å². The van der Waals surface area contributed by atoms with Crippen molar-refractivity contribution in [1.29, 1.82) is 0 Å². The van der Waals surface area contributed by atoms with Gasteiger partial charge in [-0.05, 0) is 38.8 Å². The summed E-state index contributed by atoms with van der Waals surface area (Å²) in [6.45, 7) is 8.37. The quantitative estimate of drug-likeness (QED) is 0.889. The number of thiazole rings is 1. The van der Waals surface area contributed by atoms with Gasteiger partial charge in [0.15, 0.2) is 6.54 Å². The number of morpholine rings is 1. The molecule has 0 spiro atoms. The summed E-state index contributed by atoms with van der Waals surface area (Å²) in [7, 11) is 0. The average molecular weight is 375 g/mol. The molecule has 1 aromatic carbocycles. The molecule has 0 aliphatic carbocycles. The summed E-state index contributed by atoms with van der Waals surface area (Å²) >= 11 is 1.81. The van der Waals surface area contributed by atoms with Crippen molar-refractivity contribution in [3.8, 4) is 0 Å². The van der Waals surface area contributed by atoms with Crippen molar-refractivity contribution in [2.75, 3.05) is 32.7 Å². The van der Waals surface area contributed by atoms with E-state index in [-0.39, 0.29) is 12.2 Å². The summed E-state index contributed by atoms with van der Waals surface area (Å²) in [6.07, 6.45) is 2.53. The van der Waals surface area contributed by atoms with Gasteiger partial charge in [-0.2, -0.15) is 0 Å². The predicted octanol–water partition coefficient (Wildman–Crippen LogP) is 1.69. The van der Waals surface area contributed by atoms with Crippen molar-refractivity contribution in [1.82, 2.24) is 9.88 Å². The summed E-state index contributed by atoms with van der Waals surface area (Å²) in [5.41, 5.74) is 1.10. The van der Waals surface area contributed by atoms with E-state index >= 15 is 0 Å². The Labute approximate surface area is 159 Å². The SMILES string of the molecule is C[C@H]1C[NH+](CC(=O)N2CCC(c3nc4ccccc4s3)CC2)C[C@H](C)O1. The van der Waals surface area contributed by atoms with E-state index < -0.39 is 0 Å². The number of likely N-dealkylation sites (tertiary alicyclic amines) is 1. The van der Waals surface area contributed by atoms with Crippen molar-refractivity contribution in [3.05, 3.63) is 29.3 Å². The van der Waals surface area contributed by atoms with Crippen LogP contribution in [0.25, 0.3) is 10.2 Å². The monoisotopic (exact) mass is 374 g/mol. The molecule has 26 heavy (non-hydrogen) atoms. The molecular formula is C20H28N3O2S+. The van der Waals surface area contributed by atoms with Gasteiger partial charge in [-0.25, -0.2) is 4.98 Å². The summed E-state index contributed by atoms with van der Waals surface area (Å²) in [4.78, 5) is 20.9. The topological polar surface area (TPSA) is 46.9 Å². The van der Waals surface area contributed by atoms with Crippen molar-refractivity contribution in [3.63, 3.8) is 0 Å². The number of hydrogen-bond acceptors (Lipinski definition) is 4. The molecule has 3 heterocycles. The first-order valence-corrected chi connectivity index (χ1v) is 10.5. The van der Waals surface area contributed by atoms with E-state index in [1.807, 2.05) is 17.4 Å². The number of benzene rings is 1. The van der Waals surface area contributed by atoms with Crippen LogP contribution in [0.5, 0.6) is 0 Å². The molecule has 1 aromatic heterocycles. The molecule has 2 aliphatic rings. The number of para-hydroxylation sites is 1. The third kappa shape index (κ3) is 3.92. The van der Waals surface area contributed by atoms with E-state index in [2.05, 4.69) is 36.9 Å². The number of carbonyl (C=O) groups excluding carboxylic acids is 1. The summed E-state index contributed by atoms with van der Waals surface area (Å²) in [5.74, 6) is 0.788. The number of nitrogens with zero attached hydrogens (tertiary/aromatic N) is 2. The fraction of sp³-hybridized carbons (Fsp3) is 0.600. The number of quaternary nitrogens is 1. The number of hydrogen-bond donors (Lipinski definition) is 1. The zero-order valence-corrected chi connectivity index (χ0v) is 16.4. The third-order valence-electron chi connectivity index (χ3n) is 5.53. The molecule has 4 rings (SSSR count). The zero-order valence-electron chi connectivity index (χ0n) is 15.6. The molecule has 2 fully saturated rings. The first kappa shape index (κ1) is 17.9. The molecule has 0 bridgehead atoms. The third-order valence-corrected chi connectivity index (χ3v) is 6.72. The highest BCUT2D eigenvalue weighted by Gasteiger charge is 2.31. The number of carbonyl (C=O) groups is 1. The smallest absolute Gasteiger partial charge is 0.277 e. The molecule has 2 atom stereocenters. The lowest BCUT2D eigenvalue weighted by molar-refractivity contribution is -0.907. The Morgan fingerprint density at radius 2 is 1.92 bits per heavy atom. The zero-order chi connectivity index (χ0) is 18.1. The Morgan fingerprint density at radius 1 is 1.23 bits per heavy atom. The van der Waals surface area contributed by atoms with Gasteiger partial charge in [0.25, 0.3) is 5.91 Å². The molecule has 2 aliphatic heterocycles. The van der Waals surface area contributed by atoms with E-state index in [0.29, 0.717) is 18.4 Å². The molecule has 2 saturated heterocycles. The van der Waals surface area contributed by atoms with Gasteiger partial charge in [0.05, 0.1) is 15.2 Å². The van der Waals surface area contributed by atoms with E-state index in [1.54, 1.807) is 0 Å². The minimum atomic E-state index is 0.242. The number of fused-ring (bicyclic) bond motifs is 1. The van der Waals surface area contributed by atoms with Gasteiger partial charge in [-0.1, -0.05) is 12.1 Å². The highest BCUT2D eigenvalue weighted by Crippen LogP contribution is 2.33.